The van der Waals surface area contributed by atoms with Crippen LogP contribution in [0, 0.1) is 6.92 Å². The first kappa shape index (κ1) is 30.3. The largest absolute Gasteiger partial charge is 0.495 e. The molecule has 0 bridgehead atoms. The van der Waals surface area contributed by atoms with Crippen LogP contribution in [0.2, 0.25) is 10.0 Å². The maximum atomic E-state index is 14.0. The first-order valence-corrected chi connectivity index (χ1v) is 14.4. The Morgan fingerprint density at radius 1 is 1.00 bits per heavy atom. The highest BCUT2D eigenvalue weighted by Crippen LogP contribution is 2.34. The number of amides is 2. The summed E-state index contributed by atoms with van der Waals surface area (Å²) in [5.41, 5.74) is 1.40. The fourth-order valence-electron chi connectivity index (χ4n) is 3.99. The van der Waals surface area contributed by atoms with Crippen molar-refractivity contribution in [1.82, 2.24) is 10.2 Å². The quantitative estimate of drug-likeness (QED) is 0.336. The summed E-state index contributed by atoms with van der Waals surface area (Å²) in [5.74, 6) is -0.766. The lowest BCUT2D eigenvalue weighted by molar-refractivity contribution is -0.139. The Kier molecular flexibility index (Phi) is 10.2. The number of methoxy groups -OCH3 is 1. The van der Waals surface area contributed by atoms with Crippen LogP contribution in [0.1, 0.15) is 25.0 Å². The number of nitrogens with zero attached hydrogens (tertiary/aromatic N) is 2. The number of carbonyl (C=O) groups excluding carboxylic acids is 2. The molecule has 3 aromatic carbocycles. The average molecular weight is 593 g/mol. The van der Waals surface area contributed by atoms with Crippen LogP contribution in [-0.2, 0) is 26.2 Å². The van der Waals surface area contributed by atoms with Gasteiger partial charge in [-0.1, -0.05) is 53.5 Å². The van der Waals surface area contributed by atoms with Crippen molar-refractivity contribution in [2.45, 2.75) is 38.3 Å². The highest BCUT2D eigenvalue weighted by atomic mass is 35.5. The van der Waals surface area contributed by atoms with Crippen LogP contribution in [0.25, 0.3) is 0 Å². The highest BCUT2D eigenvalue weighted by Gasteiger charge is 2.34. The molecule has 11 heteroatoms. The van der Waals surface area contributed by atoms with E-state index in [1.807, 2.05) is 0 Å². The zero-order valence-electron chi connectivity index (χ0n) is 22.1. The third-order valence-corrected chi connectivity index (χ3v) is 8.60. The minimum absolute atomic E-state index is 0.00108. The van der Waals surface area contributed by atoms with Gasteiger partial charge in [0, 0.05) is 28.7 Å². The van der Waals surface area contributed by atoms with Crippen LogP contribution in [-0.4, -0.2) is 51.4 Å². The zero-order chi connectivity index (χ0) is 28.7. The molecule has 0 aliphatic rings. The van der Waals surface area contributed by atoms with E-state index in [9.17, 15) is 18.0 Å². The second kappa shape index (κ2) is 13.2. The van der Waals surface area contributed by atoms with E-state index < -0.39 is 34.4 Å². The molecule has 2 amide bonds. The summed E-state index contributed by atoms with van der Waals surface area (Å²) in [5, 5.41) is 3.35. The second-order valence-electron chi connectivity index (χ2n) is 8.79. The number of benzene rings is 3. The fourth-order valence-corrected chi connectivity index (χ4v) is 5.94. The Hall–Kier alpha value is -3.27. The Bertz CT molecular complexity index is 1410. The first-order valence-electron chi connectivity index (χ1n) is 12.2. The molecule has 0 fully saturated rings. The third kappa shape index (κ3) is 7.03. The molecule has 0 radical (unpaired) electrons. The summed E-state index contributed by atoms with van der Waals surface area (Å²) < 4.78 is 34.3. The number of sulfonamides is 1. The van der Waals surface area contributed by atoms with Gasteiger partial charge in [0.2, 0.25) is 11.8 Å². The van der Waals surface area contributed by atoms with Gasteiger partial charge in [-0.2, -0.15) is 0 Å². The van der Waals surface area contributed by atoms with Crippen molar-refractivity contribution in [2.75, 3.05) is 24.5 Å². The lowest BCUT2D eigenvalue weighted by Crippen LogP contribution is -2.51. The van der Waals surface area contributed by atoms with Gasteiger partial charge in [0.1, 0.15) is 18.3 Å². The number of hydrogen-bond acceptors (Lipinski definition) is 5. The van der Waals surface area contributed by atoms with Crippen LogP contribution in [0.3, 0.4) is 0 Å². The molecule has 3 rings (SSSR count). The summed E-state index contributed by atoms with van der Waals surface area (Å²) >= 11 is 12.8. The van der Waals surface area contributed by atoms with Gasteiger partial charge < -0.3 is 15.0 Å². The summed E-state index contributed by atoms with van der Waals surface area (Å²) in [4.78, 5) is 28.1. The van der Waals surface area contributed by atoms with Gasteiger partial charge in [0.25, 0.3) is 10.0 Å². The second-order valence-corrected chi connectivity index (χ2v) is 11.5. The summed E-state index contributed by atoms with van der Waals surface area (Å²) in [6, 6.07) is 16.8. The van der Waals surface area contributed by atoms with Crippen molar-refractivity contribution in [3.05, 3.63) is 87.9 Å². The van der Waals surface area contributed by atoms with Crippen LogP contribution < -0.4 is 14.4 Å². The van der Waals surface area contributed by atoms with Gasteiger partial charge in [-0.05, 0) is 62.7 Å². The number of carbonyl (C=O) groups is 2. The van der Waals surface area contributed by atoms with E-state index in [2.05, 4.69) is 5.32 Å². The fraction of sp³-hybridized carbons (Fsp3) is 0.286. The number of rotatable bonds is 11. The average Bonchev–Trinajstić information content (AvgIpc) is 2.91. The van der Waals surface area contributed by atoms with Crippen molar-refractivity contribution in [2.24, 2.45) is 0 Å². The highest BCUT2D eigenvalue weighted by molar-refractivity contribution is 7.92. The van der Waals surface area contributed by atoms with Crippen molar-refractivity contribution in [3.8, 4) is 5.75 Å². The Morgan fingerprint density at radius 2 is 1.64 bits per heavy atom. The molecular formula is C28H31Cl2N3O5S. The smallest absolute Gasteiger partial charge is 0.264 e. The molecule has 0 aliphatic carbocycles. The maximum Gasteiger partial charge on any atom is 0.264 e. The monoisotopic (exact) mass is 591 g/mol. The predicted molar refractivity (Wildman–Crippen MR) is 154 cm³/mol. The molecule has 0 aromatic heterocycles. The zero-order valence-corrected chi connectivity index (χ0v) is 24.5. The molecule has 1 N–H and O–H groups in total. The number of anilines is 1. The van der Waals surface area contributed by atoms with Crippen LogP contribution >= 0.6 is 23.2 Å². The van der Waals surface area contributed by atoms with E-state index in [0.717, 1.165) is 9.87 Å². The molecular weight excluding hydrogens is 561 g/mol. The molecule has 0 spiro atoms. The van der Waals surface area contributed by atoms with E-state index in [1.54, 1.807) is 75.4 Å². The maximum absolute atomic E-state index is 14.0. The standard InChI is InChI=1S/C28H31Cl2N3O5S/c1-5-31-28(35)20(3)32(17-22-23(29)12-9-13-24(22)30)27(34)18-33(25-16-19(2)14-15-26(25)38-4)39(36,37)21-10-7-6-8-11-21/h6-16,20H,5,17-18H2,1-4H3,(H,31,35)/t20-/m1/s1. The van der Waals surface area contributed by atoms with Gasteiger partial charge >= 0.3 is 0 Å². The molecule has 208 valence electrons. The summed E-state index contributed by atoms with van der Waals surface area (Å²) in [7, 11) is -2.80. The predicted octanol–water partition coefficient (Wildman–Crippen LogP) is 5.06. The van der Waals surface area contributed by atoms with Gasteiger partial charge in [0.05, 0.1) is 17.7 Å². The van der Waals surface area contributed by atoms with E-state index in [-0.39, 0.29) is 22.9 Å². The summed E-state index contributed by atoms with van der Waals surface area (Å²) in [6.45, 7) is 4.77. The molecule has 0 aliphatic heterocycles. The molecule has 39 heavy (non-hydrogen) atoms. The van der Waals surface area contributed by atoms with Crippen LogP contribution in [0.5, 0.6) is 5.75 Å². The van der Waals surface area contributed by atoms with E-state index in [1.165, 1.54) is 24.1 Å². The van der Waals surface area contributed by atoms with Gasteiger partial charge in [0.15, 0.2) is 0 Å². The normalized spacial score (nSPS) is 11.9. The number of nitrogens with one attached hydrogen (secondary N) is 1. The van der Waals surface area contributed by atoms with Crippen LogP contribution in [0.15, 0.2) is 71.6 Å². The van der Waals surface area contributed by atoms with Gasteiger partial charge in [-0.25, -0.2) is 8.42 Å². The number of halogens is 2. The number of aryl methyl sites for hydroxylation is 1. The molecule has 0 saturated heterocycles. The molecule has 0 unspecified atom stereocenters. The Morgan fingerprint density at radius 3 is 2.23 bits per heavy atom. The molecule has 0 heterocycles. The molecule has 1 atom stereocenters. The van der Waals surface area contributed by atoms with Gasteiger partial charge in [-0.3, -0.25) is 13.9 Å². The third-order valence-electron chi connectivity index (χ3n) is 6.12. The van der Waals surface area contributed by atoms with Crippen LogP contribution in [0.4, 0.5) is 5.69 Å². The first-order chi connectivity index (χ1) is 18.5. The Labute approximate surface area is 239 Å². The van der Waals surface area contributed by atoms with Crippen molar-refractivity contribution >= 4 is 50.7 Å². The van der Waals surface area contributed by atoms with Crippen molar-refractivity contribution in [1.29, 1.82) is 0 Å². The summed E-state index contributed by atoms with van der Waals surface area (Å²) in [6.07, 6.45) is 0. The number of likely N-dealkylation sites (N-methyl/N-ethyl adjacent to an activating group) is 1. The minimum Gasteiger partial charge on any atom is -0.495 e. The van der Waals surface area contributed by atoms with Crippen molar-refractivity contribution < 1.29 is 22.7 Å². The molecule has 3 aromatic rings. The van der Waals surface area contributed by atoms with E-state index in [4.69, 9.17) is 27.9 Å². The van der Waals surface area contributed by atoms with E-state index in [0.29, 0.717) is 22.2 Å². The lowest BCUT2D eigenvalue weighted by Gasteiger charge is -2.32. The van der Waals surface area contributed by atoms with Crippen molar-refractivity contribution in [3.63, 3.8) is 0 Å². The van der Waals surface area contributed by atoms with Gasteiger partial charge in [-0.15, -0.1) is 0 Å². The van der Waals surface area contributed by atoms with E-state index >= 15 is 0 Å². The topological polar surface area (TPSA) is 96.0 Å². The lowest BCUT2D eigenvalue weighted by atomic mass is 10.1. The minimum atomic E-state index is -4.22. The number of hydrogen-bond donors (Lipinski definition) is 1. The Balaban J connectivity index is 2.13. The number of ether oxygens (including phenoxy) is 1. The molecule has 0 saturated carbocycles. The molecule has 8 nitrogen and oxygen atoms in total. The SMILES string of the molecule is CCNC(=O)[C@@H](C)N(Cc1c(Cl)cccc1Cl)C(=O)CN(c1cc(C)ccc1OC)S(=O)(=O)c1ccccc1.